The summed E-state index contributed by atoms with van der Waals surface area (Å²) in [5, 5.41) is 4.01. The van der Waals surface area contributed by atoms with Gasteiger partial charge in [0.25, 0.3) is 0 Å². The second kappa shape index (κ2) is 1.58. The van der Waals surface area contributed by atoms with Crippen LogP contribution in [0, 0.1) is 0 Å². The number of hydrogen-bond acceptors (Lipinski definition) is 1. The van der Waals surface area contributed by atoms with Crippen LogP contribution >= 0.6 is 0 Å². The van der Waals surface area contributed by atoms with Crippen LogP contribution in [0.1, 0.15) is 6.92 Å². The summed E-state index contributed by atoms with van der Waals surface area (Å²) in [7, 11) is 0. The summed E-state index contributed by atoms with van der Waals surface area (Å²) < 4.78 is 4.89. The van der Waals surface area contributed by atoms with Crippen LogP contribution in [0.15, 0.2) is 0 Å². The molecule has 0 bridgehead atoms. The minimum Gasteiger partial charge on any atom is -0.363 e. The van der Waals surface area contributed by atoms with Crippen molar-refractivity contribution in [3.8, 4) is 0 Å². The molecule has 0 aromatic heterocycles. The van der Waals surface area contributed by atoms with Crippen molar-refractivity contribution < 1.29 is 4.74 Å². The summed E-state index contributed by atoms with van der Waals surface area (Å²) in [5.74, 6) is 0. The molecule has 0 saturated carbocycles. The van der Waals surface area contributed by atoms with Crippen molar-refractivity contribution in [1.82, 2.24) is 5.32 Å². The highest BCUT2D eigenvalue weighted by Crippen LogP contribution is 1.92. The lowest BCUT2D eigenvalue weighted by molar-refractivity contribution is 0.190. The SMILES string of the molecule is CC1COC[N]1. The maximum absolute atomic E-state index is 4.89. The zero-order valence-corrected chi connectivity index (χ0v) is 3.85. The van der Waals surface area contributed by atoms with Gasteiger partial charge in [0.05, 0.1) is 6.61 Å². The third kappa shape index (κ3) is 0.698. The van der Waals surface area contributed by atoms with Gasteiger partial charge in [0.15, 0.2) is 0 Å². The van der Waals surface area contributed by atoms with Gasteiger partial charge in [0, 0.05) is 6.04 Å². The molecule has 35 valence electrons. The third-order valence-electron chi connectivity index (χ3n) is 0.837. The highest BCUT2D eigenvalue weighted by molar-refractivity contribution is 4.59. The number of rotatable bonds is 0. The van der Waals surface area contributed by atoms with Crippen molar-refractivity contribution in [2.75, 3.05) is 13.3 Å². The van der Waals surface area contributed by atoms with Crippen molar-refractivity contribution in [3.05, 3.63) is 0 Å². The zero-order valence-electron chi connectivity index (χ0n) is 3.85. The van der Waals surface area contributed by atoms with Crippen LogP contribution in [0.2, 0.25) is 0 Å². The Balaban J connectivity index is 2.18. The summed E-state index contributed by atoms with van der Waals surface area (Å²) >= 11 is 0. The van der Waals surface area contributed by atoms with Gasteiger partial charge in [0.2, 0.25) is 0 Å². The predicted octanol–water partition coefficient (Wildman–Crippen LogP) is -0.0330. The molecule has 1 radical (unpaired) electrons. The molecule has 1 unspecified atom stereocenters. The summed E-state index contributed by atoms with van der Waals surface area (Å²) in [4.78, 5) is 0. The predicted molar refractivity (Wildman–Crippen MR) is 22.4 cm³/mol. The van der Waals surface area contributed by atoms with E-state index < -0.39 is 0 Å². The molecule has 0 amide bonds. The van der Waals surface area contributed by atoms with Crippen molar-refractivity contribution >= 4 is 0 Å². The van der Waals surface area contributed by atoms with E-state index in [-0.39, 0.29) is 0 Å². The summed E-state index contributed by atoms with van der Waals surface area (Å²) in [6.07, 6.45) is 0. The molecule has 0 N–H and O–H groups in total. The molecule has 1 atom stereocenters. The largest absolute Gasteiger partial charge is 0.363 e. The Morgan fingerprint density at radius 1 is 1.83 bits per heavy atom. The van der Waals surface area contributed by atoms with E-state index in [4.69, 9.17) is 4.74 Å². The van der Waals surface area contributed by atoms with Crippen LogP contribution in [-0.2, 0) is 4.74 Å². The van der Waals surface area contributed by atoms with Crippen LogP contribution < -0.4 is 5.32 Å². The molecule has 1 aliphatic rings. The topological polar surface area (TPSA) is 23.3 Å². The Hall–Kier alpha value is -0.0800. The van der Waals surface area contributed by atoms with E-state index in [9.17, 15) is 0 Å². The summed E-state index contributed by atoms with van der Waals surface area (Å²) in [6.45, 7) is 3.48. The second-order valence-electron chi connectivity index (χ2n) is 1.53. The zero-order chi connectivity index (χ0) is 4.41. The molecule has 1 heterocycles. The van der Waals surface area contributed by atoms with Crippen LogP contribution in [0.3, 0.4) is 0 Å². The lowest BCUT2D eigenvalue weighted by Crippen LogP contribution is -2.10. The lowest BCUT2D eigenvalue weighted by atomic mass is 10.4. The maximum atomic E-state index is 4.89. The summed E-state index contributed by atoms with van der Waals surface area (Å²) in [5.41, 5.74) is 0. The Kier molecular flexibility index (Phi) is 1.08. The Bertz CT molecular complexity index is 40.8. The molecule has 6 heavy (non-hydrogen) atoms. The third-order valence-corrected chi connectivity index (χ3v) is 0.837. The maximum Gasteiger partial charge on any atom is 0.112 e. The highest BCUT2D eigenvalue weighted by Gasteiger charge is 2.07. The Morgan fingerprint density at radius 3 is 2.83 bits per heavy atom. The molecule has 1 rings (SSSR count). The Labute approximate surface area is 37.5 Å². The van der Waals surface area contributed by atoms with Gasteiger partial charge in [-0.15, -0.1) is 0 Å². The normalized spacial score (nSPS) is 34.5. The van der Waals surface area contributed by atoms with E-state index >= 15 is 0 Å². The van der Waals surface area contributed by atoms with Gasteiger partial charge in [0.1, 0.15) is 6.73 Å². The molecule has 0 aromatic carbocycles. The number of hydrogen-bond donors (Lipinski definition) is 0. The Morgan fingerprint density at radius 2 is 2.67 bits per heavy atom. The van der Waals surface area contributed by atoms with Crippen LogP contribution in [0.25, 0.3) is 0 Å². The lowest BCUT2D eigenvalue weighted by Gasteiger charge is -1.88. The molecule has 0 spiro atoms. The first-order chi connectivity index (χ1) is 2.89. The molecule has 1 fully saturated rings. The quantitative estimate of drug-likeness (QED) is 0.406. The van der Waals surface area contributed by atoms with Crippen molar-refractivity contribution in [3.63, 3.8) is 0 Å². The molecule has 1 aliphatic heterocycles. The fourth-order valence-corrected chi connectivity index (χ4v) is 0.456. The van der Waals surface area contributed by atoms with E-state index in [1.54, 1.807) is 0 Å². The van der Waals surface area contributed by atoms with Gasteiger partial charge >= 0.3 is 0 Å². The van der Waals surface area contributed by atoms with Crippen molar-refractivity contribution in [2.45, 2.75) is 13.0 Å². The molecule has 0 aromatic rings. The number of ether oxygens (including phenoxy) is 1. The average Bonchev–Trinajstić information content (AvgIpc) is 1.86. The fraction of sp³-hybridized carbons (Fsp3) is 1.00. The molecule has 2 heteroatoms. The molecule has 2 nitrogen and oxygen atoms in total. The van der Waals surface area contributed by atoms with Gasteiger partial charge in [-0.05, 0) is 6.92 Å². The minimum absolute atomic E-state index is 0.449. The molecular formula is C4H8NO. The van der Waals surface area contributed by atoms with Crippen LogP contribution in [-0.4, -0.2) is 19.4 Å². The number of nitrogens with zero attached hydrogens (tertiary/aromatic N) is 1. The monoisotopic (exact) mass is 86.1 g/mol. The van der Waals surface area contributed by atoms with Gasteiger partial charge in [-0.3, -0.25) is 0 Å². The molecule has 0 aliphatic carbocycles. The highest BCUT2D eigenvalue weighted by atomic mass is 16.5. The molecular weight excluding hydrogens is 78.1 g/mol. The molecule has 1 saturated heterocycles. The van der Waals surface area contributed by atoms with E-state index in [2.05, 4.69) is 5.32 Å². The minimum atomic E-state index is 0.449. The first-order valence-corrected chi connectivity index (χ1v) is 2.14. The second-order valence-corrected chi connectivity index (χ2v) is 1.53. The first-order valence-electron chi connectivity index (χ1n) is 2.14. The van der Waals surface area contributed by atoms with E-state index in [0.29, 0.717) is 12.8 Å². The van der Waals surface area contributed by atoms with Crippen LogP contribution in [0.4, 0.5) is 0 Å². The van der Waals surface area contributed by atoms with E-state index in [0.717, 1.165) is 6.61 Å². The van der Waals surface area contributed by atoms with Gasteiger partial charge in [-0.1, -0.05) is 0 Å². The van der Waals surface area contributed by atoms with E-state index in [1.165, 1.54) is 0 Å². The van der Waals surface area contributed by atoms with Crippen LogP contribution in [0.5, 0.6) is 0 Å². The van der Waals surface area contributed by atoms with Crippen molar-refractivity contribution in [2.24, 2.45) is 0 Å². The average molecular weight is 86.1 g/mol. The smallest absolute Gasteiger partial charge is 0.112 e. The fourth-order valence-electron chi connectivity index (χ4n) is 0.456. The van der Waals surface area contributed by atoms with Crippen molar-refractivity contribution in [1.29, 1.82) is 0 Å². The van der Waals surface area contributed by atoms with Gasteiger partial charge in [-0.2, -0.15) is 0 Å². The van der Waals surface area contributed by atoms with E-state index in [1.807, 2.05) is 6.92 Å². The standard InChI is InChI=1S/C4H8NO/c1-4-2-6-3-5-4/h4H,2-3H2,1H3. The first kappa shape index (κ1) is 4.09. The van der Waals surface area contributed by atoms with Gasteiger partial charge < -0.3 is 4.74 Å². The summed E-state index contributed by atoms with van der Waals surface area (Å²) in [6, 6.07) is 0.449. The van der Waals surface area contributed by atoms with Gasteiger partial charge in [-0.25, -0.2) is 5.32 Å².